The molecule has 9 nitrogen and oxygen atoms in total. The molecular formula is C23H20Cl2N4O5S. The zero-order valence-electron chi connectivity index (χ0n) is 18.4. The van der Waals surface area contributed by atoms with Crippen LogP contribution in [0.1, 0.15) is 13.3 Å². The number of ether oxygens (including phenoxy) is 1. The lowest BCUT2D eigenvalue weighted by molar-refractivity contribution is -0.135. The van der Waals surface area contributed by atoms with Crippen LogP contribution in [0, 0.1) is 0 Å². The minimum atomic E-state index is -4.28. The molecule has 35 heavy (non-hydrogen) atoms. The van der Waals surface area contributed by atoms with Crippen LogP contribution in [0.4, 0.5) is 5.69 Å². The van der Waals surface area contributed by atoms with Crippen LogP contribution < -0.4 is 9.04 Å². The highest BCUT2D eigenvalue weighted by molar-refractivity contribution is 7.92. The maximum absolute atomic E-state index is 13.4. The van der Waals surface area contributed by atoms with Gasteiger partial charge in [-0.2, -0.15) is 0 Å². The van der Waals surface area contributed by atoms with Gasteiger partial charge in [-0.25, -0.2) is 8.42 Å². The number of hydrogen-bond acceptors (Lipinski definition) is 6. The van der Waals surface area contributed by atoms with Crippen molar-refractivity contribution in [2.24, 2.45) is 0 Å². The number of aliphatic carboxylic acids is 1. The molecule has 0 radical (unpaired) electrons. The summed E-state index contributed by atoms with van der Waals surface area (Å²) in [5.74, 6) is -0.356. The fourth-order valence-electron chi connectivity index (χ4n) is 3.45. The molecule has 0 aliphatic carbocycles. The standard InChI is InChI=1S/C23H20Cl2N4O5S/c1-2-9-34-22-6-5-21(26-27-22)28-8-7-15-10-18(3-4-20(15)28)29(14-23(30)31)35(32,33)19-12-16(24)11-17(25)13-19/h3-8,10-13H,2,9,14H2,1H3,(H,30,31). The van der Waals surface area contributed by atoms with Gasteiger partial charge < -0.3 is 9.84 Å². The molecule has 0 saturated carbocycles. The first-order valence-electron chi connectivity index (χ1n) is 10.5. The van der Waals surface area contributed by atoms with E-state index in [4.69, 9.17) is 27.9 Å². The lowest BCUT2D eigenvalue weighted by Gasteiger charge is -2.23. The molecule has 0 saturated heterocycles. The molecule has 0 atom stereocenters. The molecule has 0 aliphatic heterocycles. The van der Waals surface area contributed by atoms with Gasteiger partial charge in [-0.15, -0.1) is 10.2 Å². The first-order chi connectivity index (χ1) is 16.7. The smallest absolute Gasteiger partial charge is 0.324 e. The van der Waals surface area contributed by atoms with Crippen LogP contribution in [0.3, 0.4) is 0 Å². The fourth-order valence-corrected chi connectivity index (χ4v) is 5.59. The predicted molar refractivity (Wildman–Crippen MR) is 133 cm³/mol. The number of anilines is 1. The van der Waals surface area contributed by atoms with E-state index in [1.54, 1.807) is 41.1 Å². The third kappa shape index (κ3) is 5.34. The average Bonchev–Trinajstić information content (AvgIpc) is 3.24. The maximum atomic E-state index is 13.4. The lowest BCUT2D eigenvalue weighted by atomic mass is 10.2. The Kier molecular flexibility index (Phi) is 7.15. The highest BCUT2D eigenvalue weighted by Gasteiger charge is 2.28. The van der Waals surface area contributed by atoms with Crippen LogP contribution in [0.25, 0.3) is 16.7 Å². The summed E-state index contributed by atoms with van der Waals surface area (Å²) in [4.78, 5) is 11.3. The summed E-state index contributed by atoms with van der Waals surface area (Å²) in [6, 6.07) is 13.9. The largest absolute Gasteiger partial charge is 0.480 e. The van der Waals surface area contributed by atoms with E-state index in [0.29, 0.717) is 23.7 Å². The molecule has 2 aromatic carbocycles. The van der Waals surface area contributed by atoms with E-state index in [2.05, 4.69) is 10.2 Å². The van der Waals surface area contributed by atoms with Crippen LogP contribution >= 0.6 is 23.2 Å². The average molecular weight is 535 g/mol. The van der Waals surface area contributed by atoms with Crippen molar-refractivity contribution in [2.45, 2.75) is 18.2 Å². The SMILES string of the molecule is CCCOc1ccc(-n2ccc3cc(N(CC(=O)O)S(=O)(=O)c4cc(Cl)cc(Cl)c4)ccc32)nn1. The molecule has 0 spiro atoms. The molecule has 1 N–H and O–H groups in total. The van der Waals surface area contributed by atoms with Crippen LogP contribution in [-0.4, -0.2) is 47.4 Å². The Morgan fingerprint density at radius 2 is 1.80 bits per heavy atom. The van der Waals surface area contributed by atoms with Gasteiger partial charge in [-0.3, -0.25) is 13.7 Å². The molecule has 0 fully saturated rings. The number of aromatic nitrogens is 3. The van der Waals surface area contributed by atoms with Crippen molar-refractivity contribution in [1.29, 1.82) is 0 Å². The van der Waals surface area contributed by atoms with E-state index in [9.17, 15) is 18.3 Å². The molecule has 4 rings (SSSR count). The Balaban J connectivity index is 1.72. The van der Waals surface area contributed by atoms with Gasteiger partial charge in [-0.05, 0) is 55.0 Å². The van der Waals surface area contributed by atoms with Gasteiger partial charge in [0.05, 0.1) is 22.7 Å². The van der Waals surface area contributed by atoms with Crippen molar-refractivity contribution in [1.82, 2.24) is 14.8 Å². The number of carboxylic acids is 1. The Labute approximate surface area is 211 Å². The van der Waals surface area contributed by atoms with Gasteiger partial charge in [0.15, 0.2) is 5.82 Å². The van der Waals surface area contributed by atoms with E-state index in [0.717, 1.165) is 16.2 Å². The fraction of sp³-hybridized carbons (Fsp3) is 0.174. The van der Waals surface area contributed by atoms with Crippen molar-refractivity contribution in [3.05, 3.63) is 70.8 Å². The second-order valence-electron chi connectivity index (χ2n) is 7.52. The number of carbonyl (C=O) groups is 1. The lowest BCUT2D eigenvalue weighted by Crippen LogP contribution is -2.35. The Morgan fingerprint density at radius 3 is 2.43 bits per heavy atom. The topological polar surface area (TPSA) is 115 Å². The highest BCUT2D eigenvalue weighted by atomic mass is 35.5. The van der Waals surface area contributed by atoms with Crippen molar-refractivity contribution < 1.29 is 23.1 Å². The van der Waals surface area contributed by atoms with Gasteiger partial charge in [0, 0.05) is 27.7 Å². The van der Waals surface area contributed by atoms with Crippen molar-refractivity contribution in [3.63, 3.8) is 0 Å². The Hall–Kier alpha value is -3.34. The monoisotopic (exact) mass is 534 g/mol. The summed E-state index contributed by atoms with van der Waals surface area (Å²) < 4.78 is 34.7. The molecule has 182 valence electrons. The van der Waals surface area contributed by atoms with E-state index < -0.39 is 22.5 Å². The van der Waals surface area contributed by atoms with Gasteiger partial charge in [0.2, 0.25) is 5.88 Å². The number of nitrogens with zero attached hydrogens (tertiary/aromatic N) is 4. The van der Waals surface area contributed by atoms with Crippen molar-refractivity contribution >= 4 is 55.8 Å². The van der Waals surface area contributed by atoms with Crippen molar-refractivity contribution in [3.8, 4) is 11.7 Å². The van der Waals surface area contributed by atoms with Crippen molar-refractivity contribution in [2.75, 3.05) is 17.5 Å². The normalized spacial score (nSPS) is 11.5. The molecule has 0 amide bonds. The quantitative estimate of drug-likeness (QED) is 0.328. The summed E-state index contributed by atoms with van der Waals surface area (Å²) in [6.45, 7) is 1.75. The van der Waals surface area contributed by atoms with Gasteiger partial charge >= 0.3 is 5.97 Å². The molecule has 2 heterocycles. The first-order valence-corrected chi connectivity index (χ1v) is 12.7. The zero-order valence-corrected chi connectivity index (χ0v) is 20.8. The second-order valence-corrected chi connectivity index (χ2v) is 10.3. The minimum Gasteiger partial charge on any atom is -0.480 e. The second kappa shape index (κ2) is 10.1. The minimum absolute atomic E-state index is 0.117. The summed E-state index contributed by atoms with van der Waals surface area (Å²) in [5.41, 5.74) is 0.895. The molecule has 0 bridgehead atoms. The molecule has 0 aliphatic rings. The summed E-state index contributed by atoms with van der Waals surface area (Å²) >= 11 is 12.0. The van der Waals surface area contributed by atoms with Crippen LogP contribution in [0.15, 0.2) is 65.7 Å². The van der Waals surface area contributed by atoms with E-state index >= 15 is 0 Å². The number of fused-ring (bicyclic) bond motifs is 1. The number of benzene rings is 2. The van der Waals surface area contributed by atoms with Crippen LogP contribution in [-0.2, 0) is 14.8 Å². The van der Waals surface area contributed by atoms with E-state index in [-0.39, 0.29) is 20.6 Å². The molecule has 2 aromatic heterocycles. The van der Waals surface area contributed by atoms with Gasteiger partial charge in [0.1, 0.15) is 6.54 Å². The van der Waals surface area contributed by atoms with Crippen LogP contribution in [0.2, 0.25) is 10.0 Å². The summed E-state index contributed by atoms with van der Waals surface area (Å²) in [5, 5.41) is 18.6. The zero-order chi connectivity index (χ0) is 25.2. The number of halogens is 2. The van der Waals surface area contributed by atoms with Gasteiger partial charge in [0.25, 0.3) is 10.0 Å². The van der Waals surface area contributed by atoms with Crippen LogP contribution in [0.5, 0.6) is 5.88 Å². The number of hydrogen-bond donors (Lipinski definition) is 1. The molecular weight excluding hydrogens is 515 g/mol. The Morgan fingerprint density at radius 1 is 1.06 bits per heavy atom. The maximum Gasteiger partial charge on any atom is 0.324 e. The highest BCUT2D eigenvalue weighted by Crippen LogP contribution is 2.31. The third-order valence-corrected chi connectivity index (χ3v) is 7.18. The predicted octanol–water partition coefficient (Wildman–Crippen LogP) is 4.80. The summed E-state index contributed by atoms with van der Waals surface area (Å²) in [7, 11) is -4.28. The number of sulfonamides is 1. The van der Waals surface area contributed by atoms with E-state index in [1.807, 2.05) is 6.92 Å². The number of rotatable bonds is 9. The molecule has 4 aromatic rings. The summed E-state index contributed by atoms with van der Waals surface area (Å²) in [6.07, 6.45) is 2.62. The first kappa shape index (κ1) is 24.8. The van der Waals surface area contributed by atoms with E-state index in [1.165, 1.54) is 24.3 Å². The number of carboxylic acid groups (broad SMARTS) is 1. The molecule has 0 unspecified atom stereocenters. The van der Waals surface area contributed by atoms with Gasteiger partial charge in [-0.1, -0.05) is 30.1 Å². The molecule has 12 heteroatoms. The Bertz CT molecular complexity index is 1470. The third-order valence-electron chi connectivity index (χ3n) is 4.99.